The summed E-state index contributed by atoms with van der Waals surface area (Å²) in [6.45, 7) is 6.20. The molecule has 1 aromatic carbocycles. The van der Waals surface area contributed by atoms with Crippen LogP contribution in [0.25, 0.3) is 0 Å². The van der Waals surface area contributed by atoms with Crippen LogP contribution in [-0.2, 0) is 6.54 Å². The normalized spacial score (nSPS) is 21.7. The van der Waals surface area contributed by atoms with E-state index < -0.39 is 0 Å². The topological polar surface area (TPSA) is 37.8 Å². The second-order valence-corrected chi connectivity index (χ2v) is 6.90. The minimum atomic E-state index is -0.0942. The molecule has 1 aromatic heterocycles. The zero-order valence-electron chi connectivity index (χ0n) is 14.7. The molecule has 0 amide bonds. The lowest BCUT2D eigenvalue weighted by molar-refractivity contribution is 0.0851. The number of likely N-dealkylation sites (N-methyl/N-ethyl adjacent to an activating group) is 1. The van der Waals surface area contributed by atoms with Crippen molar-refractivity contribution >= 4 is 0 Å². The Bertz CT molecular complexity index is 704. The minimum absolute atomic E-state index is 0.0942. The van der Waals surface area contributed by atoms with Crippen molar-refractivity contribution in [3.63, 3.8) is 0 Å². The average Bonchev–Trinajstić information content (AvgIpc) is 2.86. The average molecular weight is 339 g/mol. The van der Waals surface area contributed by atoms with Crippen LogP contribution in [0.3, 0.4) is 0 Å². The Morgan fingerprint density at radius 1 is 1.08 bits per heavy atom. The highest BCUT2D eigenvalue weighted by Crippen LogP contribution is 2.33. The number of rotatable bonds is 3. The van der Waals surface area contributed by atoms with Gasteiger partial charge in [-0.3, -0.25) is 4.90 Å². The third-order valence-corrected chi connectivity index (χ3v) is 4.95. The van der Waals surface area contributed by atoms with Gasteiger partial charge in [-0.25, -0.2) is 4.98 Å². The molecule has 0 aliphatic carbocycles. The first-order chi connectivity index (χ1) is 12.3. The summed E-state index contributed by atoms with van der Waals surface area (Å²) in [5.41, 5.74) is 2.49. The van der Waals surface area contributed by atoms with E-state index in [0.717, 1.165) is 30.9 Å². The molecule has 1 unspecified atom stereocenters. The molecule has 25 heavy (non-hydrogen) atoms. The molecule has 1 atom stereocenters. The van der Waals surface area contributed by atoms with E-state index in [0.29, 0.717) is 12.5 Å². The van der Waals surface area contributed by atoms with Crippen molar-refractivity contribution in [2.24, 2.45) is 0 Å². The second-order valence-electron chi connectivity index (χ2n) is 6.90. The van der Waals surface area contributed by atoms with Crippen molar-refractivity contribution in [1.29, 1.82) is 0 Å². The maximum Gasteiger partial charge on any atom is 0.257 e. The van der Waals surface area contributed by atoms with Crippen molar-refractivity contribution in [1.82, 2.24) is 14.8 Å². The van der Waals surface area contributed by atoms with Crippen LogP contribution in [0.5, 0.6) is 11.6 Å². The summed E-state index contributed by atoms with van der Waals surface area (Å²) in [5.74, 6) is 1.30. The summed E-state index contributed by atoms with van der Waals surface area (Å²) in [4.78, 5) is 9.20. The Kier molecular flexibility index (Phi) is 4.85. The van der Waals surface area contributed by atoms with Crippen LogP contribution >= 0.6 is 0 Å². The second kappa shape index (κ2) is 7.42. The lowest BCUT2D eigenvalue weighted by Crippen LogP contribution is -2.28. The molecule has 2 aliphatic heterocycles. The molecule has 0 bridgehead atoms. The van der Waals surface area contributed by atoms with Gasteiger partial charge in [0.25, 0.3) is 5.88 Å². The van der Waals surface area contributed by atoms with Gasteiger partial charge in [0, 0.05) is 25.8 Å². The number of benzene rings is 1. The van der Waals surface area contributed by atoms with E-state index in [9.17, 15) is 0 Å². The minimum Gasteiger partial charge on any atom is -0.484 e. The van der Waals surface area contributed by atoms with E-state index in [-0.39, 0.29) is 6.10 Å². The van der Waals surface area contributed by atoms with Crippen molar-refractivity contribution in [3.05, 3.63) is 53.7 Å². The molecule has 5 nitrogen and oxygen atoms in total. The summed E-state index contributed by atoms with van der Waals surface area (Å²) in [6.07, 6.45) is 2.88. The number of aromatic nitrogens is 1. The van der Waals surface area contributed by atoms with Crippen LogP contribution in [-0.4, -0.2) is 54.6 Å². The van der Waals surface area contributed by atoms with E-state index in [1.165, 1.54) is 25.1 Å². The summed E-state index contributed by atoms with van der Waals surface area (Å²) in [7, 11) is 2.21. The molecule has 4 rings (SSSR count). The summed E-state index contributed by atoms with van der Waals surface area (Å²) in [6, 6.07) is 12.5. The monoisotopic (exact) mass is 339 g/mol. The fourth-order valence-electron chi connectivity index (χ4n) is 3.43. The van der Waals surface area contributed by atoms with Gasteiger partial charge >= 0.3 is 0 Å². The molecule has 0 radical (unpaired) electrons. The molecule has 132 valence electrons. The highest BCUT2D eigenvalue weighted by Gasteiger charge is 2.23. The van der Waals surface area contributed by atoms with Gasteiger partial charge in [-0.15, -0.1) is 0 Å². The van der Waals surface area contributed by atoms with Crippen molar-refractivity contribution < 1.29 is 9.47 Å². The SMILES string of the molecule is CN1CCCN(Cc2ccc(C3COc4cccnc4O3)cc2)CC1. The van der Waals surface area contributed by atoms with Gasteiger partial charge in [-0.1, -0.05) is 24.3 Å². The van der Waals surface area contributed by atoms with Gasteiger partial charge in [0.15, 0.2) is 11.9 Å². The molecule has 0 saturated carbocycles. The van der Waals surface area contributed by atoms with E-state index in [1.54, 1.807) is 6.20 Å². The molecular formula is C20H25N3O2. The van der Waals surface area contributed by atoms with Crippen LogP contribution in [0.2, 0.25) is 0 Å². The molecule has 1 saturated heterocycles. The first kappa shape index (κ1) is 16.4. The van der Waals surface area contributed by atoms with Crippen molar-refractivity contribution in [2.45, 2.75) is 19.1 Å². The number of ether oxygens (including phenoxy) is 2. The quantitative estimate of drug-likeness (QED) is 0.860. The molecule has 2 aromatic rings. The van der Waals surface area contributed by atoms with Gasteiger partial charge in [0.2, 0.25) is 0 Å². The standard InChI is InChI=1S/C20H25N3O2/c1-22-10-3-11-23(13-12-22)14-16-5-7-17(8-6-16)19-15-24-18-4-2-9-21-20(18)25-19/h2,4-9,19H,3,10-15H2,1H3. The van der Waals surface area contributed by atoms with Crippen LogP contribution < -0.4 is 9.47 Å². The molecular weight excluding hydrogens is 314 g/mol. The van der Waals surface area contributed by atoms with E-state index in [4.69, 9.17) is 9.47 Å². The molecule has 0 N–H and O–H groups in total. The fourth-order valence-corrected chi connectivity index (χ4v) is 3.43. The third kappa shape index (κ3) is 3.94. The van der Waals surface area contributed by atoms with Gasteiger partial charge in [-0.2, -0.15) is 0 Å². The maximum absolute atomic E-state index is 5.98. The zero-order chi connectivity index (χ0) is 17.1. The number of hydrogen-bond acceptors (Lipinski definition) is 5. The lowest BCUT2D eigenvalue weighted by Gasteiger charge is -2.26. The molecule has 5 heteroatoms. The van der Waals surface area contributed by atoms with Crippen LogP contribution in [0.15, 0.2) is 42.6 Å². The lowest BCUT2D eigenvalue weighted by atomic mass is 10.1. The largest absolute Gasteiger partial charge is 0.484 e. The number of hydrogen-bond donors (Lipinski definition) is 0. The molecule has 3 heterocycles. The van der Waals surface area contributed by atoms with Crippen LogP contribution in [0, 0.1) is 0 Å². The van der Waals surface area contributed by atoms with E-state index >= 15 is 0 Å². The Hall–Kier alpha value is -2.11. The highest BCUT2D eigenvalue weighted by atomic mass is 16.6. The van der Waals surface area contributed by atoms with Gasteiger partial charge < -0.3 is 14.4 Å². The van der Waals surface area contributed by atoms with Crippen LogP contribution in [0.4, 0.5) is 0 Å². The molecule has 0 spiro atoms. The smallest absolute Gasteiger partial charge is 0.257 e. The van der Waals surface area contributed by atoms with Gasteiger partial charge in [0.1, 0.15) is 6.61 Å². The predicted molar refractivity (Wildman–Crippen MR) is 96.9 cm³/mol. The first-order valence-electron chi connectivity index (χ1n) is 9.02. The number of fused-ring (bicyclic) bond motifs is 1. The van der Waals surface area contributed by atoms with Crippen molar-refractivity contribution in [3.8, 4) is 11.6 Å². The molecule has 2 aliphatic rings. The number of nitrogens with zero attached hydrogens (tertiary/aromatic N) is 3. The summed E-state index contributed by atoms with van der Waals surface area (Å²) >= 11 is 0. The number of pyridine rings is 1. The Morgan fingerprint density at radius 3 is 2.84 bits per heavy atom. The third-order valence-electron chi connectivity index (χ3n) is 4.95. The Labute approximate surface area is 149 Å². The highest BCUT2D eigenvalue weighted by molar-refractivity contribution is 5.35. The first-order valence-corrected chi connectivity index (χ1v) is 9.02. The van der Waals surface area contributed by atoms with Crippen LogP contribution in [0.1, 0.15) is 23.7 Å². The fraction of sp³-hybridized carbons (Fsp3) is 0.450. The van der Waals surface area contributed by atoms with Gasteiger partial charge in [0.05, 0.1) is 0 Å². The van der Waals surface area contributed by atoms with Crippen molar-refractivity contribution in [2.75, 3.05) is 39.8 Å². The summed E-state index contributed by atoms with van der Waals surface area (Å²) < 4.78 is 11.7. The maximum atomic E-state index is 5.98. The van der Waals surface area contributed by atoms with E-state index in [2.05, 4.69) is 46.1 Å². The van der Waals surface area contributed by atoms with Gasteiger partial charge in [-0.05, 0) is 49.8 Å². The van der Waals surface area contributed by atoms with E-state index in [1.807, 2.05) is 12.1 Å². The zero-order valence-corrected chi connectivity index (χ0v) is 14.7. The summed E-state index contributed by atoms with van der Waals surface area (Å²) in [5, 5.41) is 0. The molecule has 1 fully saturated rings. The Balaban J connectivity index is 1.39. The predicted octanol–water partition coefficient (Wildman–Crippen LogP) is 2.73. The Morgan fingerprint density at radius 2 is 1.96 bits per heavy atom.